The predicted molar refractivity (Wildman–Crippen MR) is 81.9 cm³/mol. The maximum absolute atomic E-state index is 13.1. The van der Waals surface area contributed by atoms with Gasteiger partial charge in [0.2, 0.25) is 0 Å². The van der Waals surface area contributed by atoms with Crippen molar-refractivity contribution in [2.45, 2.75) is 32.9 Å². The van der Waals surface area contributed by atoms with Crippen molar-refractivity contribution in [1.82, 2.24) is 10.3 Å². The zero-order valence-electron chi connectivity index (χ0n) is 12.4. The lowest BCUT2D eigenvalue weighted by molar-refractivity contribution is 0.0770. The Morgan fingerprint density at radius 2 is 2.14 bits per heavy atom. The molecule has 0 aliphatic rings. The van der Waals surface area contributed by atoms with Gasteiger partial charge in [-0.15, -0.1) is 0 Å². The smallest absolute Gasteiger partial charge is 0.189 e. The van der Waals surface area contributed by atoms with Crippen molar-refractivity contribution in [2.24, 2.45) is 0 Å². The fourth-order valence-corrected chi connectivity index (χ4v) is 2.11. The molecule has 1 heterocycles. The molecule has 1 aromatic heterocycles. The summed E-state index contributed by atoms with van der Waals surface area (Å²) in [7, 11) is 0. The minimum absolute atomic E-state index is 0.164. The molecule has 21 heavy (non-hydrogen) atoms. The van der Waals surface area contributed by atoms with Crippen molar-refractivity contribution in [3.8, 4) is 0 Å². The number of rotatable bonds is 7. The van der Waals surface area contributed by atoms with Gasteiger partial charge in [0.25, 0.3) is 0 Å². The predicted octanol–water partition coefficient (Wildman–Crippen LogP) is 2.57. The summed E-state index contributed by atoms with van der Waals surface area (Å²) in [6.07, 6.45) is 1.17. The number of ether oxygens (including phenoxy) is 1. The van der Waals surface area contributed by atoms with Crippen molar-refractivity contribution in [2.75, 3.05) is 13.2 Å². The minimum Gasteiger partial charge on any atom is -0.379 e. The minimum atomic E-state index is -0.399. The quantitative estimate of drug-likeness (QED) is 0.771. The average molecular weight is 292 g/mol. The summed E-state index contributed by atoms with van der Waals surface area (Å²) >= 11 is 0. The van der Waals surface area contributed by atoms with Crippen LogP contribution in [-0.2, 0) is 11.3 Å². The topological polar surface area (TPSA) is 54.1 Å². The van der Waals surface area contributed by atoms with E-state index in [2.05, 4.69) is 10.3 Å². The molecule has 2 rings (SSSR count). The molecule has 0 spiro atoms. The van der Waals surface area contributed by atoms with E-state index in [0.717, 1.165) is 25.3 Å². The molecule has 1 aromatic carbocycles. The van der Waals surface area contributed by atoms with Crippen LogP contribution in [0.3, 0.4) is 0 Å². The number of hydrogen-bond acceptors (Lipinski definition) is 3. The Morgan fingerprint density at radius 3 is 2.90 bits per heavy atom. The maximum atomic E-state index is 13.1. The molecule has 0 amide bonds. The van der Waals surface area contributed by atoms with Crippen molar-refractivity contribution < 1.29 is 9.13 Å². The summed E-state index contributed by atoms with van der Waals surface area (Å²) in [6.45, 7) is 6.13. The molecule has 0 atom stereocenters. The Bertz CT molecular complexity index is 652. The van der Waals surface area contributed by atoms with Crippen molar-refractivity contribution in [1.29, 1.82) is 0 Å². The highest BCUT2D eigenvalue weighted by Crippen LogP contribution is 2.10. The highest BCUT2D eigenvalue weighted by molar-refractivity contribution is 5.78. The van der Waals surface area contributed by atoms with Crippen LogP contribution in [0.4, 0.5) is 4.39 Å². The van der Waals surface area contributed by atoms with E-state index in [1.165, 1.54) is 18.2 Å². The van der Waals surface area contributed by atoms with Gasteiger partial charge in [0.05, 0.1) is 6.10 Å². The summed E-state index contributed by atoms with van der Waals surface area (Å²) < 4.78 is 18.6. The molecule has 0 aliphatic heterocycles. The molecule has 2 aromatic rings. The maximum Gasteiger partial charge on any atom is 0.189 e. The lowest BCUT2D eigenvalue weighted by Crippen LogP contribution is -2.19. The molecule has 114 valence electrons. The van der Waals surface area contributed by atoms with Crippen LogP contribution in [-0.4, -0.2) is 24.2 Å². The van der Waals surface area contributed by atoms with Gasteiger partial charge < -0.3 is 15.0 Å². The fourth-order valence-electron chi connectivity index (χ4n) is 2.11. The number of benzene rings is 1. The third-order valence-corrected chi connectivity index (χ3v) is 3.11. The first kappa shape index (κ1) is 15.7. The summed E-state index contributed by atoms with van der Waals surface area (Å²) in [6, 6.07) is 5.71. The molecule has 0 bridgehead atoms. The number of aromatic nitrogens is 1. The highest BCUT2D eigenvalue weighted by Gasteiger charge is 2.03. The molecule has 5 heteroatoms. The second-order valence-electron chi connectivity index (χ2n) is 5.30. The second kappa shape index (κ2) is 7.33. The fraction of sp³-hybridized carbons (Fsp3) is 0.438. The SMILES string of the molecule is CC(C)OCCCNCc1cc(=O)c2cc(F)ccc2[nH]1. The van der Waals surface area contributed by atoms with Gasteiger partial charge in [0.15, 0.2) is 5.43 Å². The van der Waals surface area contributed by atoms with Crippen LogP contribution >= 0.6 is 0 Å². The Hall–Kier alpha value is -1.72. The van der Waals surface area contributed by atoms with E-state index in [9.17, 15) is 9.18 Å². The van der Waals surface area contributed by atoms with Crippen LogP contribution in [0.5, 0.6) is 0 Å². The lowest BCUT2D eigenvalue weighted by Gasteiger charge is -2.09. The van der Waals surface area contributed by atoms with Gasteiger partial charge in [0.1, 0.15) is 5.82 Å². The van der Waals surface area contributed by atoms with E-state index in [0.29, 0.717) is 17.4 Å². The summed E-state index contributed by atoms with van der Waals surface area (Å²) in [5, 5.41) is 3.63. The normalized spacial score (nSPS) is 11.4. The number of hydrogen-bond donors (Lipinski definition) is 2. The van der Waals surface area contributed by atoms with E-state index in [-0.39, 0.29) is 11.5 Å². The number of nitrogens with one attached hydrogen (secondary N) is 2. The summed E-state index contributed by atoms with van der Waals surface area (Å²) in [5.41, 5.74) is 1.29. The van der Waals surface area contributed by atoms with Crippen LogP contribution in [0.25, 0.3) is 10.9 Å². The Balaban J connectivity index is 1.91. The summed E-state index contributed by atoms with van der Waals surface area (Å²) in [5.74, 6) is -0.399. The number of pyridine rings is 1. The van der Waals surface area contributed by atoms with Gasteiger partial charge >= 0.3 is 0 Å². The largest absolute Gasteiger partial charge is 0.379 e. The average Bonchev–Trinajstić information content (AvgIpc) is 2.43. The third-order valence-electron chi connectivity index (χ3n) is 3.11. The molecule has 0 saturated heterocycles. The van der Waals surface area contributed by atoms with Gasteiger partial charge in [-0.05, 0) is 45.0 Å². The molecule has 0 saturated carbocycles. The van der Waals surface area contributed by atoms with Crippen LogP contribution in [0, 0.1) is 5.82 Å². The summed E-state index contributed by atoms with van der Waals surface area (Å²) in [4.78, 5) is 15.1. The van der Waals surface area contributed by atoms with Gasteiger partial charge in [-0.25, -0.2) is 4.39 Å². The Labute approximate surface area is 123 Å². The second-order valence-corrected chi connectivity index (χ2v) is 5.30. The number of H-pyrrole nitrogens is 1. The Morgan fingerprint density at radius 1 is 1.33 bits per heavy atom. The molecule has 4 nitrogen and oxygen atoms in total. The van der Waals surface area contributed by atoms with Crippen LogP contribution in [0.2, 0.25) is 0 Å². The molecular formula is C16H21FN2O2. The first-order valence-electron chi connectivity index (χ1n) is 7.20. The molecule has 0 aliphatic carbocycles. The monoisotopic (exact) mass is 292 g/mol. The van der Waals surface area contributed by atoms with E-state index >= 15 is 0 Å². The van der Waals surface area contributed by atoms with E-state index in [4.69, 9.17) is 4.74 Å². The van der Waals surface area contributed by atoms with Gasteiger partial charge in [-0.3, -0.25) is 4.79 Å². The van der Waals surface area contributed by atoms with Crippen molar-refractivity contribution in [3.63, 3.8) is 0 Å². The zero-order chi connectivity index (χ0) is 15.2. The lowest BCUT2D eigenvalue weighted by atomic mass is 10.2. The molecule has 2 N–H and O–H groups in total. The van der Waals surface area contributed by atoms with Crippen LogP contribution in [0.1, 0.15) is 26.0 Å². The van der Waals surface area contributed by atoms with Gasteiger partial charge in [-0.1, -0.05) is 0 Å². The first-order chi connectivity index (χ1) is 10.1. The molecule has 0 unspecified atom stereocenters. The van der Waals surface area contributed by atoms with Gasteiger partial charge in [-0.2, -0.15) is 0 Å². The van der Waals surface area contributed by atoms with Gasteiger partial charge in [0, 0.05) is 35.8 Å². The molecular weight excluding hydrogens is 271 g/mol. The van der Waals surface area contributed by atoms with Crippen molar-refractivity contribution >= 4 is 10.9 Å². The third kappa shape index (κ3) is 4.65. The number of halogens is 1. The van der Waals surface area contributed by atoms with E-state index < -0.39 is 5.82 Å². The zero-order valence-corrected chi connectivity index (χ0v) is 12.4. The van der Waals surface area contributed by atoms with Crippen LogP contribution in [0.15, 0.2) is 29.1 Å². The van der Waals surface area contributed by atoms with Crippen molar-refractivity contribution in [3.05, 3.63) is 46.0 Å². The van der Waals surface area contributed by atoms with E-state index in [1.54, 1.807) is 6.07 Å². The number of fused-ring (bicyclic) bond motifs is 1. The molecule has 0 fully saturated rings. The Kier molecular flexibility index (Phi) is 5.47. The first-order valence-corrected chi connectivity index (χ1v) is 7.20. The number of aromatic amines is 1. The molecule has 0 radical (unpaired) electrons. The van der Waals surface area contributed by atoms with E-state index in [1.807, 2.05) is 13.8 Å². The highest BCUT2D eigenvalue weighted by atomic mass is 19.1. The van der Waals surface area contributed by atoms with Crippen LogP contribution < -0.4 is 10.7 Å². The standard InChI is InChI=1S/C16H21FN2O2/c1-11(2)21-7-3-6-18-10-13-9-16(20)14-8-12(17)4-5-15(14)19-13/h4-5,8-9,11,18H,3,6-7,10H2,1-2H3,(H,19,20).